The van der Waals surface area contributed by atoms with Crippen molar-refractivity contribution in [1.82, 2.24) is 8.96 Å². The van der Waals surface area contributed by atoms with Crippen molar-refractivity contribution < 1.29 is 17.9 Å². The molecule has 0 unspecified atom stereocenters. The number of halogens is 1. The summed E-state index contributed by atoms with van der Waals surface area (Å²) in [5.41, 5.74) is 1.11. The van der Waals surface area contributed by atoms with E-state index in [0.29, 0.717) is 11.1 Å². The molecular weight excluding hydrogens is 364 g/mol. The Morgan fingerprint density at radius 2 is 1.92 bits per heavy atom. The molecule has 25 heavy (non-hydrogen) atoms. The van der Waals surface area contributed by atoms with Gasteiger partial charge >= 0.3 is 5.97 Å². The number of benzene rings is 1. The molecule has 0 atom stereocenters. The van der Waals surface area contributed by atoms with Gasteiger partial charge in [0.2, 0.25) is 10.0 Å². The first kappa shape index (κ1) is 17.4. The van der Waals surface area contributed by atoms with Crippen molar-refractivity contribution in [2.75, 3.05) is 6.61 Å². The van der Waals surface area contributed by atoms with Crippen LogP contribution in [0.15, 0.2) is 48.5 Å². The minimum absolute atomic E-state index is 0.0949. The first-order valence-electron chi connectivity index (χ1n) is 7.54. The van der Waals surface area contributed by atoms with Crippen LogP contribution < -0.4 is 0 Å². The van der Waals surface area contributed by atoms with Crippen LogP contribution in [-0.2, 0) is 20.5 Å². The van der Waals surface area contributed by atoms with Crippen LogP contribution in [0.1, 0.15) is 23.0 Å². The van der Waals surface area contributed by atoms with Gasteiger partial charge in [0.25, 0.3) is 0 Å². The average Bonchev–Trinajstić information content (AvgIpc) is 2.95. The molecule has 0 N–H and O–H groups in total. The lowest BCUT2D eigenvalue weighted by molar-refractivity contribution is 0.0518. The second-order valence-electron chi connectivity index (χ2n) is 5.29. The van der Waals surface area contributed by atoms with Gasteiger partial charge in [-0.25, -0.2) is 22.2 Å². The van der Waals surface area contributed by atoms with Crippen molar-refractivity contribution in [3.05, 3.63) is 64.9 Å². The van der Waals surface area contributed by atoms with Crippen LogP contribution in [0.25, 0.3) is 11.0 Å². The Balaban J connectivity index is 2.18. The van der Waals surface area contributed by atoms with Gasteiger partial charge in [-0.15, -0.1) is 0 Å². The molecule has 0 spiro atoms. The molecule has 130 valence electrons. The highest BCUT2D eigenvalue weighted by Gasteiger charge is 2.26. The van der Waals surface area contributed by atoms with Gasteiger partial charge in [0, 0.05) is 0 Å². The lowest BCUT2D eigenvalue weighted by Crippen LogP contribution is -2.21. The zero-order valence-corrected chi connectivity index (χ0v) is 14.9. The Morgan fingerprint density at radius 1 is 1.20 bits per heavy atom. The standard InChI is InChI=1S/C17H15ClN2O4S/c1-2-24-17(21)15-10-13-14(8-9-16(18)19-13)20(15)25(22,23)11-12-6-4-3-5-7-12/h3-10H,2,11H2,1H3. The Hall–Kier alpha value is -2.38. The number of pyridine rings is 1. The van der Waals surface area contributed by atoms with Crippen LogP contribution in [0.5, 0.6) is 0 Å². The molecule has 3 rings (SSSR count). The van der Waals surface area contributed by atoms with Crippen molar-refractivity contribution in [1.29, 1.82) is 0 Å². The number of nitrogens with zero attached hydrogens (tertiary/aromatic N) is 2. The Labute approximate surface area is 150 Å². The molecule has 1 aromatic carbocycles. The van der Waals surface area contributed by atoms with Crippen molar-refractivity contribution >= 4 is 38.6 Å². The number of carbonyl (C=O) groups is 1. The predicted molar refractivity (Wildman–Crippen MR) is 95.2 cm³/mol. The number of carbonyl (C=O) groups excluding carboxylic acids is 1. The zero-order valence-electron chi connectivity index (χ0n) is 13.3. The molecule has 0 saturated heterocycles. The summed E-state index contributed by atoms with van der Waals surface area (Å²) in [6.07, 6.45) is 0. The number of rotatable bonds is 5. The fourth-order valence-corrected chi connectivity index (χ4v) is 4.31. The van der Waals surface area contributed by atoms with Crippen LogP contribution in [0.2, 0.25) is 5.15 Å². The summed E-state index contributed by atoms with van der Waals surface area (Å²) in [5, 5.41) is 0.209. The van der Waals surface area contributed by atoms with Crippen LogP contribution in [0.4, 0.5) is 0 Å². The van der Waals surface area contributed by atoms with E-state index in [9.17, 15) is 13.2 Å². The van der Waals surface area contributed by atoms with E-state index in [4.69, 9.17) is 16.3 Å². The minimum atomic E-state index is -3.87. The number of esters is 1. The van der Waals surface area contributed by atoms with E-state index >= 15 is 0 Å². The van der Waals surface area contributed by atoms with E-state index in [2.05, 4.69) is 4.98 Å². The fourth-order valence-electron chi connectivity index (χ4n) is 2.53. The Bertz CT molecular complexity index is 1030. The number of aromatic nitrogens is 2. The maximum absolute atomic E-state index is 13.0. The lowest BCUT2D eigenvalue weighted by Gasteiger charge is -2.11. The second kappa shape index (κ2) is 6.85. The summed E-state index contributed by atoms with van der Waals surface area (Å²) in [6.45, 7) is 1.78. The van der Waals surface area contributed by atoms with E-state index in [0.717, 1.165) is 3.97 Å². The summed E-state index contributed by atoms with van der Waals surface area (Å²) >= 11 is 5.88. The third-order valence-corrected chi connectivity index (χ3v) is 5.39. The predicted octanol–water partition coefficient (Wildman–Crippen LogP) is 3.24. The van der Waals surface area contributed by atoms with Crippen molar-refractivity contribution in [3.63, 3.8) is 0 Å². The van der Waals surface area contributed by atoms with Crippen molar-refractivity contribution in [2.45, 2.75) is 12.7 Å². The first-order valence-corrected chi connectivity index (χ1v) is 9.53. The zero-order chi connectivity index (χ0) is 18.0. The van der Waals surface area contributed by atoms with Crippen LogP contribution in [-0.4, -0.2) is 30.0 Å². The lowest BCUT2D eigenvalue weighted by atomic mass is 10.2. The molecule has 2 heterocycles. The van der Waals surface area contributed by atoms with Gasteiger partial charge in [0.05, 0.1) is 23.4 Å². The SMILES string of the molecule is CCOC(=O)c1cc2nc(Cl)ccc2n1S(=O)(=O)Cc1ccccc1. The van der Waals surface area contributed by atoms with Gasteiger partial charge in [0.1, 0.15) is 10.8 Å². The summed E-state index contributed by atoms with van der Waals surface area (Å²) in [5.74, 6) is -0.986. The third kappa shape index (κ3) is 3.52. The average molecular weight is 379 g/mol. The van der Waals surface area contributed by atoms with E-state index in [1.54, 1.807) is 37.3 Å². The highest BCUT2D eigenvalue weighted by molar-refractivity contribution is 7.89. The Morgan fingerprint density at radius 3 is 2.60 bits per heavy atom. The van der Waals surface area contributed by atoms with Gasteiger partial charge < -0.3 is 4.74 Å². The van der Waals surface area contributed by atoms with Gasteiger partial charge in [-0.2, -0.15) is 0 Å². The topological polar surface area (TPSA) is 78.3 Å². The fraction of sp³-hybridized carbons (Fsp3) is 0.176. The normalized spacial score (nSPS) is 11.6. The Kier molecular flexibility index (Phi) is 4.78. The summed E-state index contributed by atoms with van der Waals surface area (Å²) in [6, 6.07) is 13.1. The smallest absolute Gasteiger partial charge is 0.356 e. The molecule has 0 aliphatic rings. The summed E-state index contributed by atoms with van der Waals surface area (Å²) in [7, 11) is -3.87. The maximum atomic E-state index is 13.0. The number of fused-ring (bicyclic) bond motifs is 1. The quantitative estimate of drug-likeness (QED) is 0.503. The van der Waals surface area contributed by atoms with Gasteiger partial charge in [-0.05, 0) is 30.7 Å². The molecule has 6 nitrogen and oxygen atoms in total. The first-order chi connectivity index (χ1) is 11.9. The number of hydrogen-bond donors (Lipinski definition) is 0. The van der Waals surface area contributed by atoms with Crippen molar-refractivity contribution in [2.24, 2.45) is 0 Å². The minimum Gasteiger partial charge on any atom is -0.461 e. The van der Waals surface area contributed by atoms with E-state index in [1.807, 2.05) is 0 Å². The van der Waals surface area contributed by atoms with E-state index < -0.39 is 16.0 Å². The molecule has 0 aliphatic heterocycles. The van der Waals surface area contributed by atoms with Crippen LogP contribution in [0, 0.1) is 0 Å². The maximum Gasteiger partial charge on any atom is 0.356 e. The summed E-state index contributed by atoms with van der Waals surface area (Å²) in [4.78, 5) is 16.3. The van der Waals surface area contributed by atoms with Gasteiger partial charge in [-0.1, -0.05) is 41.9 Å². The number of hydrogen-bond acceptors (Lipinski definition) is 5. The second-order valence-corrected chi connectivity index (χ2v) is 7.50. The molecule has 0 aliphatic carbocycles. The van der Waals surface area contributed by atoms with Gasteiger partial charge in [0.15, 0.2) is 0 Å². The molecule has 0 radical (unpaired) electrons. The molecule has 2 aromatic heterocycles. The van der Waals surface area contributed by atoms with Crippen LogP contribution in [0.3, 0.4) is 0 Å². The molecule has 0 saturated carbocycles. The molecule has 8 heteroatoms. The monoisotopic (exact) mass is 378 g/mol. The van der Waals surface area contributed by atoms with Gasteiger partial charge in [-0.3, -0.25) is 0 Å². The highest BCUT2D eigenvalue weighted by Crippen LogP contribution is 2.25. The number of ether oxygens (including phenoxy) is 1. The highest BCUT2D eigenvalue weighted by atomic mass is 35.5. The molecule has 3 aromatic rings. The molecule has 0 bridgehead atoms. The molecule has 0 fully saturated rings. The third-order valence-electron chi connectivity index (χ3n) is 3.53. The molecular formula is C17H15ClN2O4S. The molecule has 0 amide bonds. The van der Waals surface area contributed by atoms with E-state index in [1.165, 1.54) is 18.2 Å². The van der Waals surface area contributed by atoms with Crippen molar-refractivity contribution in [3.8, 4) is 0 Å². The largest absolute Gasteiger partial charge is 0.461 e. The summed E-state index contributed by atoms with van der Waals surface area (Å²) < 4.78 is 31.9. The van der Waals surface area contributed by atoms with Crippen LogP contribution >= 0.6 is 11.6 Å². The van der Waals surface area contributed by atoms with E-state index in [-0.39, 0.29) is 28.7 Å².